The average molecular weight is 550 g/mol. The van der Waals surface area contributed by atoms with Crippen LogP contribution in [0.25, 0.3) is 0 Å². The van der Waals surface area contributed by atoms with E-state index in [1.54, 1.807) is 24.3 Å². The normalized spacial score (nSPS) is 11.7. The Kier molecular flexibility index (Phi) is 7.54. The lowest BCUT2D eigenvalue weighted by atomic mass is 10.3. The van der Waals surface area contributed by atoms with E-state index in [1.165, 1.54) is 7.05 Å². The Morgan fingerprint density at radius 1 is 1.00 bits per heavy atom. The van der Waals surface area contributed by atoms with Gasteiger partial charge in [-0.05, 0) is 46.9 Å². The lowest BCUT2D eigenvalue weighted by Crippen LogP contribution is -2.32. The van der Waals surface area contributed by atoms with Gasteiger partial charge in [0, 0.05) is 16.3 Å². The molecule has 2 amide bonds. The molecule has 2 aromatic rings. The molecule has 0 atom stereocenters. The molecule has 0 spiro atoms. The van der Waals surface area contributed by atoms with Crippen LogP contribution in [-0.4, -0.2) is 48.6 Å². The maximum atomic E-state index is 12.4. The van der Waals surface area contributed by atoms with Crippen LogP contribution < -0.4 is 19.7 Å². The van der Waals surface area contributed by atoms with Crippen LogP contribution in [0, 0.1) is 3.57 Å². The molecule has 1 aromatic heterocycles. The monoisotopic (exact) mass is 550 g/mol. The third-order valence-corrected chi connectivity index (χ3v) is 3.90. The van der Waals surface area contributed by atoms with Crippen molar-refractivity contribution in [2.24, 2.45) is 0 Å². The van der Waals surface area contributed by atoms with Crippen molar-refractivity contribution in [3.05, 3.63) is 33.9 Å². The molecule has 164 valence electrons. The quantitative estimate of drug-likeness (QED) is 0.420. The summed E-state index contributed by atoms with van der Waals surface area (Å²) in [6.07, 6.45) is -9.43. The Balaban J connectivity index is 2.20. The zero-order chi connectivity index (χ0) is 22.5. The van der Waals surface area contributed by atoms with Gasteiger partial charge >= 0.3 is 18.4 Å². The molecule has 0 fully saturated rings. The van der Waals surface area contributed by atoms with Crippen molar-refractivity contribution in [3.63, 3.8) is 0 Å². The Labute approximate surface area is 179 Å². The molecule has 1 heterocycles. The molecule has 0 bridgehead atoms. The van der Waals surface area contributed by atoms with Crippen LogP contribution in [0.3, 0.4) is 0 Å². The Hall–Kier alpha value is -2.52. The minimum atomic E-state index is -4.72. The van der Waals surface area contributed by atoms with Gasteiger partial charge in [-0.25, -0.2) is 4.79 Å². The molecule has 1 aromatic carbocycles. The molecular weight excluding hydrogens is 537 g/mol. The fraction of sp³-hybridized carbons (Fsp3) is 0.312. The van der Waals surface area contributed by atoms with Crippen molar-refractivity contribution in [2.75, 3.05) is 30.5 Å². The third kappa shape index (κ3) is 8.08. The number of hydrogen-bond donors (Lipinski definition) is 1. The summed E-state index contributed by atoms with van der Waals surface area (Å²) < 4.78 is 83.9. The van der Waals surface area contributed by atoms with Gasteiger partial charge < -0.3 is 9.47 Å². The molecule has 14 heteroatoms. The van der Waals surface area contributed by atoms with Crippen LogP contribution in [0.4, 0.5) is 42.8 Å². The van der Waals surface area contributed by atoms with Crippen LogP contribution in [0.2, 0.25) is 0 Å². The Morgan fingerprint density at radius 3 is 1.90 bits per heavy atom. The molecule has 7 nitrogen and oxygen atoms in total. The highest BCUT2D eigenvalue weighted by Gasteiger charge is 2.30. The van der Waals surface area contributed by atoms with Gasteiger partial charge in [-0.15, -0.1) is 0 Å². The maximum absolute atomic E-state index is 12.4. The number of hydrogen-bond acceptors (Lipinski definition) is 5. The van der Waals surface area contributed by atoms with Gasteiger partial charge in [0.1, 0.15) is 0 Å². The maximum Gasteiger partial charge on any atom is 0.422 e. The first-order valence-corrected chi connectivity index (χ1v) is 8.99. The Morgan fingerprint density at radius 2 is 1.47 bits per heavy atom. The van der Waals surface area contributed by atoms with Crippen molar-refractivity contribution in [1.29, 1.82) is 0 Å². The molecule has 1 N–H and O–H groups in total. The van der Waals surface area contributed by atoms with Crippen LogP contribution in [-0.2, 0) is 0 Å². The fourth-order valence-corrected chi connectivity index (χ4v) is 2.24. The van der Waals surface area contributed by atoms with Gasteiger partial charge in [-0.1, -0.05) is 0 Å². The largest absolute Gasteiger partial charge is 0.468 e. The number of halogens is 7. The first-order chi connectivity index (χ1) is 13.8. The van der Waals surface area contributed by atoms with E-state index in [-0.39, 0.29) is 0 Å². The van der Waals surface area contributed by atoms with Crippen LogP contribution in [0.1, 0.15) is 0 Å². The third-order valence-electron chi connectivity index (χ3n) is 3.18. The van der Waals surface area contributed by atoms with E-state index < -0.39 is 49.3 Å². The van der Waals surface area contributed by atoms with Crippen molar-refractivity contribution >= 4 is 40.3 Å². The first kappa shape index (κ1) is 23.8. The number of nitrogens with one attached hydrogen (secondary N) is 1. The second kappa shape index (κ2) is 9.53. The summed E-state index contributed by atoms with van der Waals surface area (Å²) >= 11 is 2.06. The predicted octanol–water partition coefficient (Wildman–Crippen LogP) is 4.63. The van der Waals surface area contributed by atoms with E-state index in [4.69, 9.17) is 0 Å². The van der Waals surface area contributed by atoms with Crippen molar-refractivity contribution in [2.45, 2.75) is 12.4 Å². The molecule has 2 rings (SSSR count). The summed E-state index contributed by atoms with van der Waals surface area (Å²) in [5, 5.41) is 2.17. The number of benzene rings is 1. The average Bonchev–Trinajstić information content (AvgIpc) is 2.63. The smallest absolute Gasteiger partial charge is 0.422 e. The molecule has 0 aliphatic heterocycles. The van der Waals surface area contributed by atoms with Gasteiger partial charge in [-0.3, -0.25) is 10.2 Å². The van der Waals surface area contributed by atoms with E-state index in [2.05, 4.69) is 47.3 Å². The van der Waals surface area contributed by atoms with Gasteiger partial charge in [-0.2, -0.15) is 36.3 Å². The SMILES string of the molecule is CN(C(=O)Nc1nc(OCC(F)(F)F)cc(OCC(F)(F)F)n1)c1ccc(I)cc1. The number of carbonyl (C=O) groups excluding carboxylic acids is 1. The molecule has 0 unspecified atom stereocenters. The molecule has 0 aliphatic rings. The standard InChI is InChI=1S/C16H13F6IN4O3/c1-27(10-4-2-9(23)3-5-10)14(28)26-13-24-11(29-7-15(17,18)19)6-12(25-13)30-8-16(20,21)22/h2-6H,7-8H2,1H3,(H,24,25,26,28). The van der Waals surface area contributed by atoms with E-state index in [9.17, 15) is 31.1 Å². The number of nitrogens with zero attached hydrogens (tertiary/aromatic N) is 3. The van der Waals surface area contributed by atoms with E-state index in [0.29, 0.717) is 11.8 Å². The van der Waals surface area contributed by atoms with Crippen LogP contribution in [0.5, 0.6) is 11.8 Å². The van der Waals surface area contributed by atoms with Gasteiger partial charge in [0.05, 0.1) is 6.07 Å². The molecular formula is C16H13F6IN4O3. The van der Waals surface area contributed by atoms with E-state index in [1.807, 2.05) is 0 Å². The molecule has 0 saturated carbocycles. The van der Waals surface area contributed by atoms with Crippen molar-refractivity contribution in [1.82, 2.24) is 9.97 Å². The van der Waals surface area contributed by atoms with Gasteiger partial charge in [0.2, 0.25) is 17.7 Å². The lowest BCUT2D eigenvalue weighted by Gasteiger charge is -2.18. The summed E-state index contributed by atoms with van der Waals surface area (Å²) in [6, 6.07) is 6.56. The first-order valence-electron chi connectivity index (χ1n) is 7.91. The van der Waals surface area contributed by atoms with Crippen molar-refractivity contribution in [3.8, 4) is 11.8 Å². The summed E-state index contributed by atoms with van der Waals surface area (Å²) in [4.78, 5) is 20.6. The Bertz CT molecular complexity index is 841. The van der Waals surface area contributed by atoms with Crippen molar-refractivity contribution < 1.29 is 40.6 Å². The minimum absolute atomic E-state index is 0.464. The molecule has 30 heavy (non-hydrogen) atoms. The number of aromatic nitrogens is 2. The number of rotatable bonds is 6. The van der Waals surface area contributed by atoms with Crippen LogP contribution >= 0.6 is 22.6 Å². The summed E-state index contributed by atoms with van der Waals surface area (Å²) in [6.45, 7) is -3.50. The van der Waals surface area contributed by atoms with Gasteiger partial charge in [0.25, 0.3) is 0 Å². The summed E-state index contributed by atoms with van der Waals surface area (Å²) in [5.74, 6) is -2.06. The minimum Gasteiger partial charge on any atom is -0.468 e. The molecule has 0 aliphatic carbocycles. The zero-order valence-corrected chi connectivity index (χ0v) is 17.2. The predicted molar refractivity (Wildman–Crippen MR) is 102 cm³/mol. The zero-order valence-electron chi connectivity index (χ0n) is 15.0. The number of carbonyl (C=O) groups is 1. The lowest BCUT2D eigenvalue weighted by molar-refractivity contribution is -0.154. The number of urea groups is 1. The second-order valence-electron chi connectivity index (χ2n) is 5.64. The summed E-state index contributed by atoms with van der Waals surface area (Å²) in [7, 11) is 1.39. The fourth-order valence-electron chi connectivity index (χ4n) is 1.88. The van der Waals surface area contributed by atoms with E-state index in [0.717, 1.165) is 8.47 Å². The second-order valence-corrected chi connectivity index (χ2v) is 6.89. The highest BCUT2D eigenvalue weighted by molar-refractivity contribution is 14.1. The van der Waals surface area contributed by atoms with E-state index >= 15 is 0 Å². The number of alkyl halides is 6. The van der Waals surface area contributed by atoms with Crippen LogP contribution in [0.15, 0.2) is 30.3 Å². The molecule has 0 saturated heterocycles. The summed E-state index contributed by atoms with van der Waals surface area (Å²) in [5.41, 5.74) is 0.464. The highest BCUT2D eigenvalue weighted by Crippen LogP contribution is 2.24. The number of ether oxygens (including phenoxy) is 2. The van der Waals surface area contributed by atoms with Gasteiger partial charge in [0.15, 0.2) is 13.2 Å². The topological polar surface area (TPSA) is 76.6 Å². The highest BCUT2D eigenvalue weighted by atomic mass is 127. The molecule has 0 radical (unpaired) electrons. The number of anilines is 2. The number of amides is 2.